The van der Waals surface area contributed by atoms with Crippen molar-refractivity contribution in [1.82, 2.24) is 19.9 Å². The average molecular weight is 1260 g/mol. The fraction of sp³-hybridized carbons (Fsp3) is 0.0476. The average Bonchev–Trinajstić information content (AvgIpc) is 1.57. The van der Waals surface area contributed by atoms with Crippen molar-refractivity contribution < 1.29 is 38.1 Å². The van der Waals surface area contributed by atoms with Crippen molar-refractivity contribution in [2.24, 2.45) is 0 Å². The molecule has 13 rings (SSSR count). The molecule has 0 spiro atoms. The van der Waals surface area contributed by atoms with Crippen LogP contribution in [0.5, 0.6) is 0 Å². The van der Waals surface area contributed by atoms with E-state index in [0.717, 1.165) is 44.5 Å². The summed E-state index contributed by atoms with van der Waals surface area (Å²) in [4.78, 5) is 73.9. The monoisotopic (exact) mass is 1260 g/mol. The Morgan fingerprint density at radius 3 is 0.677 bits per heavy atom. The fourth-order valence-corrected chi connectivity index (χ4v) is 11.9. The normalized spacial score (nSPS) is 11.8. The topological polar surface area (TPSA) is 168 Å². The van der Waals surface area contributed by atoms with Gasteiger partial charge in [0.25, 0.3) is 0 Å². The van der Waals surface area contributed by atoms with E-state index in [9.17, 15) is 19.2 Å². The summed E-state index contributed by atoms with van der Waals surface area (Å²) in [5.41, 5.74) is 15.0. The molecule has 4 aromatic heterocycles. The van der Waals surface area contributed by atoms with Crippen LogP contribution in [0.25, 0.3) is 46.6 Å². The fourth-order valence-electron chi connectivity index (χ4n) is 11.9. The molecular weight excluding hydrogens is 1190 g/mol. The summed E-state index contributed by atoms with van der Waals surface area (Å²) in [5, 5.41) is 2.35. The molecule has 468 valence electrons. The van der Waals surface area contributed by atoms with Gasteiger partial charge in [-0.05, 0) is 117 Å². The minimum atomic E-state index is -0.553. The van der Waals surface area contributed by atoms with E-state index < -0.39 is 23.9 Å². The molecule has 1 aliphatic heterocycles. The maximum atomic E-state index is 14.7. The summed E-state index contributed by atoms with van der Waals surface area (Å²) in [6, 6.07) is 75.2. The summed E-state index contributed by atoms with van der Waals surface area (Å²) in [7, 11) is 0. The number of H-pyrrole nitrogens is 4. The first-order valence-electron chi connectivity index (χ1n) is 31.2. The van der Waals surface area contributed by atoms with Gasteiger partial charge in [-0.15, -0.1) is 0 Å². The molecule has 0 amide bonds. The number of carbonyl (C=O) groups excluding carboxylic acids is 4. The van der Waals surface area contributed by atoms with E-state index in [2.05, 4.69) is 46.3 Å². The van der Waals surface area contributed by atoms with Gasteiger partial charge in [0.2, 0.25) is 0 Å². The van der Waals surface area contributed by atoms with E-state index in [0.29, 0.717) is 111 Å². The number of benzene rings is 8. The summed E-state index contributed by atoms with van der Waals surface area (Å²) in [6.07, 6.45) is 7.02. The van der Waals surface area contributed by atoms with Gasteiger partial charge in [0.15, 0.2) is 0 Å². The van der Waals surface area contributed by atoms with E-state index in [-0.39, 0.29) is 26.4 Å². The number of rotatable bonds is 20. The third kappa shape index (κ3) is 13.2. The van der Waals surface area contributed by atoms with Crippen molar-refractivity contribution >= 4 is 70.5 Å². The van der Waals surface area contributed by atoms with E-state index in [1.165, 1.54) is 0 Å². The maximum Gasteiger partial charge on any atom is 0.339 e. The molecule has 4 N–H and O–H groups in total. The first-order chi connectivity index (χ1) is 47.0. The van der Waals surface area contributed by atoms with Crippen LogP contribution in [-0.2, 0) is 45.4 Å². The van der Waals surface area contributed by atoms with Crippen LogP contribution >= 0.6 is 0 Å². The predicted molar refractivity (Wildman–Crippen MR) is 376 cm³/mol. The van der Waals surface area contributed by atoms with Gasteiger partial charge in [0.1, 0.15) is 26.4 Å². The smallest absolute Gasteiger partial charge is 0.339 e. The van der Waals surface area contributed by atoms with Gasteiger partial charge in [-0.25, -0.2) is 19.2 Å². The van der Waals surface area contributed by atoms with Crippen LogP contribution in [0.15, 0.2) is 269 Å². The molecule has 0 saturated carbocycles. The third-order valence-corrected chi connectivity index (χ3v) is 16.9. The molecule has 1 aliphatic rings. The van der Waals surface area contributed by atoms with Gasteiger partial charge in [0, 0.05) is 88.7 Å². The van der Waals surface area contributed by atoms with Crippen molar-refractivity contribution in [3.05, 3.63) is 402 Å². The van der Waals surface area contributed by atoms with Gasteiger partial charge in [-0.2, -0.15) is 0 Å². The van der Waals surface area contributed by atoms with Crippen LogP contribution in [-0.4, -0.2) is 43.8 Å². The van der Waals surface area contributed by atoms with Gasteiger partial charge >= 0.3 is 23.9 Å². The Hall–Kier alpha value is -12.8. The second-order valence-electron chi connectivity index (χ2n) is 22.9. The van der Waals surface area contributed by atoms with Crippen LogP contribution in [0.1, 0.15) is 131 Å². The molecule has 0 fully saturated rings. The number of hydrogen-bond donors (Lipinski definition) is 4. The second kappa shape index (κ2) is 28.0. The zero-order chi connectivity index (χ0) is 66.1. The summed E-state index contributed by atoms with van der Waals surface area (Å²) < 4.78 is 24.5. The largest absolute Gasteiger partial charge is 0.457 e. The van der Waals surface area contributed by atoms with Crippen LogP contribution in [0.3, 0.4) is 0 Å². The molecule has 96 heavy (non-hydrogen) atoms. The SMILES string of the molecule is C=Cc1ccc(COC(=O)c2ccccc2C2=c3ccc([nH]3)=C(c3ccccc3C(=O)OCc3ccc(C=C)cc3)c3ccc([nH]3)C(c3ccccc3C(=O)OCc3ccc(C=C)cc3)=c3ccc([nH]3)=C(c3ccccc3C(=O)OCc3ccc(C=C)cc3)c3ccc2[nH]3)cc1. The Balaban J connectivity index is 1.04. The summed E-state index contributed by atoms with van der Waals surface area (Å²) in [6.45, 7) is 15.6. The number of fused-ring (bicyclic) bond motifs is 8. The first-order valence-corrected chi connectivity index (χ1v) is 31.2. The number of aromatic amines is 4. The number of ether oxygens (including phenoxy) is 4. The van der Waals surface area contributed by atoms with E-state index in [4.69, 9.17) is 18.9 Å². The van der Waals surface area contributed by atoms with E-state index in [1.807, 2.05) is 194 Å². The lowest BCUT2D eigenvalue weighted by Gasteiger charge is -2.15. The number of nitrogens with one attached hydrogen (secondary N) is 4. The summed E-state index contributed by atoms with van der Waals surface area (Å²) in [5.74, 6) is -2.21. The van der Waals surface area contributed by atoms with Crippen molar-refractivity contribution in [3.8, 4) is 0 Å². The van der Waals surface area contributed by atoms with E-state index in [1.54, 1.807) is 72.8 Å². The molecule has 5 heterocycles. The third-order valence-electron chi connectivity index (χ3n) is 16.9. The highest BCUT2D eigenvalue weighted by Gasteiger charge is 2.27. The number of esters is 4. The lowest BCUT2D eigenvalue weighted by molar-refractivity contribution is 0.0463. The van der Waals surface area contributed by atoms with Gasteiger partial charge in [0.05, 0.1) is 22.3 Å². The number of carbonyl (C=O) groups is 4. The molecule has 12 aromatic rings. The van der Waals surface area contributed by atoms with E-state index >= 15 is 0 Å². The Bertz CT molecular complexity index is 4620. The molecular formula is C84H64N4O8. The standard InChI is InChI=1S/C84H64N4O8/c1-5-53-25-33-57(34-26-53)49-93-81(89)65-21-13-9-17-61(65)77-69-41-43-71(85-69)78(62-18-10-14-22-66(62)82(90)94-50-58-35-27-54(6-2)28-36-58)73-45-47-75(87-73)80(64-20-12-16-24-68(64)84(92)96-52-60-39-31-56(8-4)32-40-60)76-48-46-74(88-76)79(72-44-42-70(77)86-72)63-19-11-15-23-67(63)83(91)95-51-59-37-29-55(7-3)30-38-59/h5-48,85-88H,1-4,49-52H2. The Morgan fingerprint density at radius 1 is 0.260 bits per heavy atom. The lowest BCUT2D eigenvalue weighted by atomic mass is 9.97. The van der Waals surface area contributed by atoms with Crippen molar-refractivity contribution in [1.29, 1.82) is 0 Å². The zero-order valence-corrected chi connectivity index (χ0v) is 52.3. The minimum absolute atomic E-state index is 0.0133. The molecule has 8 bridgehead atoms. The van der Waals surface area contributed by atoms with Gasteiger partial charge < -0.3 is 38.9 Å². The highest BCUT2D eigenvalue weighted by Crippen LogP contribution is 2.33. The van der Waals surface area contributed by atoms with Crippen molar-refractivity contribution in [3.63, 3.8) is 0 Å². The van der Waals surface area contributed by atoms with Crippen molar-refractivity contribution in [2.45, 2.75) is 26.4 Å². The molecule has 12 heteroatoms. The molecule has 0 unspecified atom stereocenters. The van der Waals surface area contributed by atoms with Crippen LogP contribution < -0.4 is 21.4 Å². The van der Waals surface area contributed by atoms with Crippen molar-refractivity contribution in [2.75, 3.05) is 0 Å². The number of hydrogen-bond acceptors (Lipinski definition) is 8. The Kier molecular flexibility index (Phi) is 18.1. The van der Waals surface area contributed by atoms with Gasteiger partial charge in [-0.1, -0.05) is 220 Å². The lowest BCUT2D eigenvalue weighted by Crippen LogP contribution is -2.21. The molecule has 0 radical (unpaired) electrons. The summed E-state index contributed by atoms with van der Waals surface area (Å²) >= 11 is 0. The first kappa shape index (κ1) is 62.0. The Morgan fingerprint density at radius 2 is 0.469 bits per heavy atom. The number of aromatic nitrogens is 4. The predicted octanol–water partition coefficient (Wildman–Crippen LogP) is 14.3. The maximum absolute atomic E-state index is 14.7. The molecule has 0 saturated heterocycles. The minimum Gasteiger partial charge on any atom is -0.457 e. The van der Waals surface area contributed by atoms with Crippen LogP contribution in [0.4, 0.5) is 0 Å². The zero-order valence-electron chi connectivity index (χ0n) is 52.3. The van der Waals surface area contributed by atoms with Crippen LogP contribution in [0, 0.1) is 0 Å². The Labute approximate surface area is 554 Å². The second-order valence-corrected chi connectivity index (χ2v) is 22.9. The van der Waals surface area contributed by atoms with Crippen LogP contribution in [0.2, 0.25) is 0 Å². The molecule has 12 nitrogen and oxygen atoms in total. The molecule has 0 atom stereocenters. The van der Waals surface area contributed by atoms with Gasteiger partial charge in [-0.3, -0.25) is 0 Å². The molecule has 8 aromatic carbocycles. The highest BCUT2D eigenvalue weighted by molar-refractivity contribution is 6.01. The quantitative estimate of drug-likeness (QED) is 0.0432. The molecule has 0 aliphatic carbocycles. The highest BCUT2D eigenvalue weighted by atomic mass is 16.5.